The van der Waals surface area contributed by atoms with Crippen LogP contribution in [0.3, 0.4) is 0 Å². The minimum absolute atomic E-state index is 0.0303. The van der Waals surface area contributed by atoms with Gasteiger partial charge in [0.15, 0.2) is 5.75 Å². The van der Waals surface area contributed by atoms with Gasteiger partial charge in [0.1, 0.15) is 4.90 Å². The van der Waals surface area contributed by atoms with Gasteiger partial charge in [0.25, 0.3) is 5.91 Å². The molecule has 0 heterocycles. The Balaban J connectivity index is 1.71. The molecule has 0 aliphatic heterocycles. The fraction of sp³-hybridized carbons (Fsp3) is 0.0690. The van der Waals surface area contributed by atoms with Crippen molar-refractivity contribution in [3.05, 3.63) is 126 Å². The molecule has 6 heteroatoms. The predicted molar refractivity (Wildman–Crippen MR) is 137 cm³/mol. The van der Waals surface area contributed by atoms with Gasteiger partial charge in [-0.15, -0.1) is 0 Å². The van der Waals surface area contributed by atoms with Crippen molar-refractivity contribution in [2.45, 2.75) is 11.8 Å². The SMILES string of the molecule is Cc1ccc(S(=O)(=O)Oc2ccccc2N(CC#Cc2ccccc2)C(=O)c2ccccc2)cc1. The lowest BCUT2D eigenvalue weighted by molar-refractivity contribution is 0.0989. The third-order valence-electron chi connectivity index (χ3n) is 5.17. The molecule has 0 bridgehead atoms. The molecule has 0 unspecified atom stereocenters. The quantitative estimate of drug-likeness (QED) is 0.271. The first-order valence-electron chi connectivity index (χ1n) is 10.9. The van der Waals surface area contributed by atoms with Crippen molar-refractivity contribution < 1.29 is 17.4 Å². The first-order valence-corrected chi connectivity index (χ1v) is 12.4. The smallest absolute Gasteiger partial charge is 0.339 e. The number of aryl methyl sites for hydroxylation is 1. The van der Waals surface area contributed by atoms with Crippen molar-refractivity contribution in [3.8, 4) is 17.6 Å². The van der Waals surface area contributed by atoms with Gasteiger partial charge in [-0.1, -0.05) is 78.1 Å². The summed E-state index contributed by atoms with van der Waals surface area (Å²) in [6.45, 7) is 1.91. The van der Waals surface area contributed by atoms with Gasteiger partial charge in [0.05, 0.1) is 12.2 Å². The van der Waals surface area contributed by atoms with Gasteiger partial charge in [-0.05, 0) is 55.5 Å². The molecular weight excluding hydrogens is 458 g/mol. The number of hydrogen-bond acceptors (Lipinski definition) is 4. The second kappa shape index (κ2) is 10.7. The molecule has 4 rings (SSSR count). The Morgan fingerprint density at radius 2 is 1.40 bits per heavy atom. The van der Waals surface area contributed by atoms with Crippen LogP contribution in [0.1, 0.15) is 21.5 Å². The summed E-state index contributed by atoms with van der Waals surface area (Å²) in [5.41, 5.74) is 2.50. The number of nitrogens with zero attached hydrogens (tertiary/aromatic N) is 1. The number of benzene rings is 4. The van der Waals surface area contributed by atoms with Crippen LogP contribution in [0, 0.1) is 18.8 Å². The standard InChI is InChI=1S/C29H23NO4S/c1-23-18-20-26(21-19-23)35(32,33)34-28-17-9-8-16-27(28)30(29(31)25-14-6-3-7-15-25)22-10-13-24-11-4-2-5-12-24/h2-9,11-12,14-21H,22H2,1H3. The summed E-state index contributed by atoms with van der Waals surface area (Å²) in [5.74, 6) is 5.79. The molecular formula is C29H23NO4S. The number of rotatable bonds is 6. The van der Waals surface area contributed by atoms with Crippen molar-refractivity contribution in [1.29, 1.82) is 0 Å². The minimum atomic E-state index is -4.11. The van der Waals surface area contributed by atoms with Crippen LogP contribution in [0.5, 0.6) is 5.75 Å². The number of carbonyl (C=O) groups excluding carboxylic acids is 1. The Labute approximate surface area is 205 Å². The first kappa shape index (κ1) is 23.8. The van der Waals surface area contributed by atoms with E-state index in [2.05, 4.69) is 11.8 Å². The Morgan fingerprint density at radius 3 is 2.09 bits per heavy atom. The largest absolute Gasteiger partial charge is 0.377 e. The van der Waals surface area contributed by atoms with Crippen LogP contribution in [-0.2, 0) is 10.1 Å². The molecule has 35 heavy (non-hydrogen) atoms. The van der Waals surface area contributed by atoms with E-state index >= 15 is 0 Å². The van der Waals surface area contributed by atoms with E-state index in [9.17, 15) is 13.2 Å². The highest BCUT2D eigenvalue weighted by atomic mass is 32.2. The molecule has 0 aliphatic rings. The predicted octanol–water partition coefficient (Wildman–Crippen LogP) is 5.46. The number of hydrogen-bond donors (Lipinski definition) is 0. The van der Waals surface area contributed by atoms with Crippen molar-refractivity contribution in [2.75, 3.05) is 11.4 Å². The molecule has 0 aromatic heterocycles. The van der Waals surface area contributed by atoms with E-state index in [1.165, 1.54) is 23.1 Å². The van der Waals surface area contributed by atoms with E-state index in [0.717, 1.165) is 11.1 Å². The fourth-order valence-electron chi connectivity index (χ4n) is 3.37. The Hall–Kier alpha value is -4.34. The van der Waals surface area contributed by atoms with Gasteiger partial charge < -0.3 is 4.18 Å². The average molecular weight is 482 g/mol. The van der Waals surface area contributed by atoms with E-state index in [1.807, 2.05) is 43.3 Å². The van der Waals surface area contributed by atoms with Crippen molar-refractivity contribution in [3.63, 3.8) is 0 Å². The summed E-state index contributed by atoms with van der Waals surface area (Å²) < 4.78 is 31.5. The minimum Gasteiger partial charge on any atom is -0.377 e. The number of anilines is 1. The highest BCUT2D eigenvalue weighted by molar-refractivity contribution is 7.87. The summed E-state index contributed by atoms with van der Waals surface area (Å²) in [6.07, 6.45) is 0. The maximum atomic E-state index is 13.5. The maximum Gasteiger partial charge on any atom is 0.339 e. The molecule has 174 valence electrons. The Bertz CT molecular complexity index is 1470. The second-order valence-electron chi connectivity index (χ2n) is 7.74. The first-order chi connectivity index (χ1) is 16.9. The van der Waals surface area contributed by atoms with Gasteiger partial charge in [0.2, 0.25) is 0 Å². The Morgan fingerprint density at radius 1 is 0.800 bits per heavy atom. The van der Waals surface area contributed by atoms with Gasteiger partial charge >= 0.3 is 10.1 Å². The molecule has 4 aromatic carbocycles. The normalized spacial score (nSPS) is 10.7. The van der Waals surface area contributed by atoms with Crippen molar-refractivity contribution >= 4 is 21.7 Å². The van der Waals surface area contributed by atoms with Gasteiger partial charge in [-0.25, -0.2) is 0 Å². The third kappa shape index (κ3) is 5.97. The van der Waals surface area contributed by atoms with Crippen LogP contribution < -0.4 is 9.08 Å². The second-order valence-corrected chi connectivity index (χ2v) is 9.29. The van der Waals surface area contributed by atoms with E-state index in [-0.39, 0.29) is 23.1 Å². The lowest BCUT2D eigenvalue weighted by atomic mass is 10.1. The molecule has 0 aliphatic carbocycles. The summed E-state index contributed by atoms with van der Waals surface area (Å²) >= 11 is 0. The van der Waals surface area contributed by atoms with E-state index < -0.39 is 10.1 Å². The zero-order valence-electron chi connectivity index (χ0n) is 19.1. The molecule has 1 amide bonds. The lowest BCUT2D eigenvalue weighted by Gasteiger charge is -2.23. The van der Waals surface area contributed by atoms with Crippen LogP contribution in [0.2, 0.25) is 0 Å². The molecule has 0 radical (unpaired) electrons. The van der Waals surface area contributed by atoms with E-state index in [1.54, 1.807) is 54.6 Å². The van der Waals surface area contributed by atoms with Crippen LogP contribution in [-0.4, -0.2) is 20.9 Å². The molecule has 0 spiro atoms. The van der Waals surface area contributed by atoms with Crippen LogP contribution >= 0.6 is 0 Å². The van der Waals surface area contributed by atoms with Gasteiger partial charge in [0, 0.05) is 11.1 Å². The zero-order chi connectivity index (χ0) is 24.7. The van der Waals surface area contributed by atoms with Crippen molar-refractivity contribution in [1.82, 2.24) is 0 Å². The average Bonchev–Trinajstić information content (AvgIpc) is 2.88. The van der Waals surface area contributed by atoms with Gasteiger partial charge in [-0.3, -0.25) is 9.69 Å². The molecule has 4 aromatic rings. The lowest BCUT2D eigenvalue weighted by Crippen LogP contribution is -2.32. The third-order valence-corrected chi connectivity index (χ3v) is 6.42. The van der Waals surface area contributed by atoms with Crippen LogP contribution in [0.4, 0.5) is 5.69 Å². The summed E-state index contributed by atoms with van der Waals surface area (Å²) in [6, 6.07) is 31.1. The fourth-order valence-corrected chi connectivity index (χ4v) is 4.31. The van der Waals surface area contributed by atoms with Crippen LogP contribution in [0.25, 0.3) is 0 Å². The maximum absolute atomic E-state index is 13.5. The van der Waals surface area contributed by atoms with Gasteiger partial charge in [-0.2, -0.15) is 8.42 Å². The Kier molecular flexibility index (Phi) is 7.30. The number of para-hydroxylation sites is 2. The molecule has 0 saturated carbocycles. The molecule has 5 nitrogen and oxygen atoms in total. The van der Waals surface area contributed by atoms with E-state index in [4.69, 9.17) is 4.18 Å². The highest BCUT2D eigenvalue weighted by Crippen LogP contribution is 2.31. The monoisotopic (exact) mass is 481 g/mol. The molecule has 0 fully saturated rings. The number of amides is 1. The topological polar surface area (TPSA) is 63.7 Å². The summed E-state index contributed by atoms with van der Waals surface area (Å²) in [7, 11) is -4.11. The molecule has 0 saturated heterocycles. The van der Waals surface area contributed by atoms with Crippen LogP contribution in [0.15, 0.2) is 114 Å². The summed E-state index contributed by atoms with van der Waals surface area (Å²) in [5, 5.41) is 0. The van der Waals surface area contributed by atoms with E-state index in [0.29, 0.717) is 11.3 Å². The zero-order valence-corrected chi connectivity index (χ0v) is 19.9. The highest BCUT2D eigenvalue weighted by Gasteiger charge is 2.24. The summed E-state index contributed by atoms with van der Waals surface area (Å²) in [4.78, 5) is 14.9. The molecule has 0 atom stereocenters. The van der Waals surface area contributed by atoms with Crippen molar-refractivity contribution in [2.24, 2.45) is 0 Å². The molecule has 0 N–H and O–H groups in total. The number of carbonyl (C=O) groups is 1.